The Labute approximate surface area is 143 Å². The molecule has 0 aliphatic heterocycles. The third-order valence-electron chi connectivity index (χ3n) is 3.54. The zero-order valence-electron chi connectivity index (χ0n) is 13.2. The molecule has 0 bridgehead atoms. The maximum atomic E-state index is 12.1. The highest BCUT2D eigenvalue weighted by atomic mass is 32.1. The number of carbonyl (C=O) groups is 2. The van der Waals surface area contributed by atoms with E-state index < -0.39 is 12.1 Å². The fourth-order valence-electron chi connectivity index (χ4n) is 2.00. The van der Waals surface area contributed by atoms with Gasteiger partial charge in [0, 0.05) is 5.92 Å². The van der Waals surface area contributed by atoms with Gasteiger partial charge in [-0.05, 0) is 25.3 Å². The molecular weight excluding hydrogens is 328 g/mol. The van der Waals surface area contributed by atoms with Gasteiger partial charge in [0.1, 0.15) is 17.7 Å². The summed E-state index contributed by atoms with van der Waals surface area (Å²) in [4.78, 5) is 23.8. The molecule has 1 unspecified atom stereocenters. The number of ether oxygens (including phenoxy) is 1. The van der Waals surface area contributed by atoms with Crippen LogP contribution < -0.4 is 10.6 Å². The SMILES string of the molecule is CC(NC(=O)OCc1ccccc1)C(=O)Nc1nnc(C2CC2)s1. The molecule has 1 saturated carbocycles. The molecule has 1 aliphatic rings. The quantitative estimate of drug-likeness (QED) is 0.839. The van der Waals surface area contributed by atoms with Gasteiger partial charge < -0.3 is 10.1 Å². The van der Waals surface area contributed by atoms with Crippen LogP contribution in [0.1, 0.15) is 36.3 Å². The van der Waals surface area contributed by atoms with Crippen molar-refractivity contribution in [3.8, 4) is 0 Å². The molecular formula is C16H18N4O3S. The molecule has 1 heterocycles. The highest BCUT2D eigenvalue weighted by Gasteiger charge is 2.28. The lowest BCUT2D eigenvalue weighted by molar-refractivity contribution is -0.117. The van der Waals surface area contributed by atoms with Crippen molar-refractivity contribution >= 4 is 28.5 Å². The molecule has 3 rings (SSSR count). The maximum absolute atomic E-state index is 12.1. The molecule has 8 heteroatoms. The van der Waals surface area contributed by atoms with Crippen LogP contribution in [-0.2, 0) is 16.1 Å². The number of alkyl carbamates (subject to hydrolysis) is 1. The predicted molar refractivity (Wildman–Crippen MR) is 89.7 cm³/mol. The van der Waals surface area contributed by atoms with E-state index >= 15 is 0 Å². The molecule has 1 aromatic heterocycles. The first kappa shape index (κ1) is 16.4. The van der Waals surface area contributed by atoms with E-state index in [0.29, 0.717) is 11.0 Å². The first-order valence-electron chi connectivity index (χ1n) is 7.73. The van der Waals surface area contributed by atoms with Crippen LogP contribution in [0.2, 0.25) is 0 Å². The van der Waals surface area contributed by atoms with Crippen LogP contribution in [0.4, 0.5) is 9.93 Å². The monoisotopic (exact) mass is 346 g/mol. The summed E-state index contributed by atoms with van der Waals surface area (Å²) >= 11 is 1.38. The second-order valence-corrected chi connectivity index (χ2v) is 6.65. The summed E-state index contributed by atoms with van der Waals surface area (Å²) in [6.45, 7) is 1.74. The largest absolute Gasteiger partial charge is 0.445 e. The van der Waals surface area contributed by atoms with Gasteiger partial charge >= 0.3 is 6.09 Å². The molecule has 2 amide bonds. The second-order valence-electron chi connectivity index (χ2n) is 5.64. The summed E-state index contributed by atoms with van der Waals surface area (Å²) in [6, 6.07) is 8.60. The van der Waals surface area contributed by atoms with Crippen LogP contribution in [0.3, 0.4) is 0 Å². The molecule has 7 nitrogen and oxygen atoms in total. The molecule has 2 aromatic rings. The molecule has 0 radical (unpaired) electrons. The molecule has 126 valence electrons. The Bertz CT molecular complexity index is 715. The van der Waals surface area contributed by atoms with E-state index in [1.54, 1.807) is 6.92 Å². The lowest BCUT2D eigenvalue weighted by Crippen LogP contribution is -2.41. The Morgan fingerprint density at radius 2 is 2.04 bits per heavy atom. The number of hydrogen-bond donors (Lipinski definition) is 2. The molecule has 1 aliphatic carbocycles. The first-order valence-corrected chi connectivity index (χ1v) is 8.55. The number of nitrogens with zero attached hydrogens (tertiary/aromatic N) is 2. The molecule has 24 heavy (non-hydrogen) atoms. The van der Waals surface area contributed by atoms with Crippen LogP contribution >= 0.6 is 11.3 Å². The summed E-state index contributed by atoms with van der Waals surface area (Å²) in [5, 5.41) is 14.6. The lowest BCUT2D eigenvalue weighted by Gasteiger charge is -2.13. The van der Waals surface area contributed by atoms with E-state index in [4.69, 9.17) is 4.74 Å². The van der Waals surface area contributed by atoms with E-state index in [-0.39, 0.29) is 12.5 Å². The van der Waals surface area contributed by atoms with Gasteiger partial charge in [-0.2, -0.15) is 0 Å². The van der Waals surface area contributed by atoms with E-state index in [1.807, 2.05) is 30.3 Å². The molecule has 2 N–H and O–H groups in total. The highest BCUT2D eigenvalue weighted by Crippen LogP contribution is 2.42. The third-order valence-corrected chi connectivity index (χ3v) is 4.54. The minimum absolute atomic E-state index is 0.155. The average Bonchev–Trinajstić information content (AvgIpc) is 3.34. The number of anilines is 1. The van der Waals surface area contributed by atoms with Crippen LogP contribution in [-0.4, -0.2) is 28.2 Å². The molecule has 1 fully saturated rings. The smallest absolute Gasteiger partial charge is 0.408 e. The fourth-order valence-corrected chi connectivity index (χ4v) is 2.92. The summed E-state index contributed by atoms with van der Waals surface area (Å²) < 4.78 is 5.09. The summed E-state index contributed by atoms with van der Waals surface area (Å²) in [6.07, 6.45) is 1.62. The first-order chi connectivity index (χ1) is 11.6. The minimum atomic E-state index is -0.735. The Morgan fingerprint density at radius 1 is 1.29 bits per heavy atom. The van der Waals surface area contributed by atoms with Crippen LogP contribution in [0, 0.1) is 0 Å². The van der Waals surface area contributed by atoms with Crippen molar-refractivity contribution in [2.24, 2.45) is 0 Å². The van der Waals surface area contributed by atoms with Crippen molar-refractivity contribution in [1.82, 2.24) is 15.5 Å². The minimum Gasteiger partial charge on any atom is -0.445 e. The molecule has 0 spiro atoms. The number of carbonyl (C=O) groups excluding carboxylic acids is 2. The van der Waals surface area contributed by atoms with Gasteiger partial charge in [-0.3, -0.25) is 10.1 Å². The van der Waals surface area contributed by atoms with Crippen molar-refractivity contribution in [3.05, 3.63) is 40.9 Å². The van der Waals surface area contributed by atoms with Crippen LogP contribution in [0.5, 0.6) is 0 Å². The number of nitrogens with one attached hydrogen (secondary N) is 2. The summed E-state index contributed by atoms with van der Waals surface area (Å²) in [5.41, 5.74) is 0.881. The van der Waals surface area contributed by atoms with Crippen molar-refractivity contribution in [2.45, 2.75) is 38.3 Å². The van der Waals surface area contributed by atoms with Crippen LogP contribution in [0.25, 0.3) is 0 Å². The Balaban J connectivity index is 1.43. The van der Waals surface area contributed by atoms with Crippen molar-refractivity contribution in [1.29, 1.82) is 0 Å². The van der Waals surface area contributed by atoms with Gasteiger partial charge in [-0.15, -0.1) is 10.2 Å². The third kappa shape index (κ3) is 4.51. The number of hydrogen-bond acceptors (Lipinski definition) is 6. The zero-order chi connectivity index (χ0) is 16.9. The van der Waals surface area contributed by atoms with Gasteiger partial charge in [0.25, 0.3) is 0 Å². The fraction of sp³-hybridized carbons (Fsp3) is 0.375. The zero-order valence-corrected chi connectivity index (χ0v) is 14.0. The molecule has 1 atom stereocenters. The highest BCUT2D eigenvalue weighted by molar-refractivity contribution is 7.15. The Hall–Kier alpha value is -2.48. The predicted octanol–water partition coefficient (Wildman–Crippen LogP) is 2.67. The van der Waals surface area contributed by atoms with E-state index in [9.17, 15) is 9.59 Å². The number of benzene rings is 1. The van der Waals surface area contributed by atoms with Gasteiger partial charge in [-0.1, -0.05) is 41.7 Å². The van der Waals surface area contributed by atoms with E-state index in [0.717, 1.165) is 23.4 Å². The summed E-state index contributed by atoms with van der Waals surface area (Å²) in [5.74, 6) is 0.141. The number of amides is 2. The van der Waals surface area contributed by atoms with E-state index in [2.05, 4.69) is 20.8 Å². The average molecular weight is 346 g/mol. The van der Waals surface area contributed by atoms with Gasteiger partial charge in [-0.25, -0.2) is 4.79 Å². The lowest BCUT2D eigenvalue weighted by atomic mass is 10.2. The van der Waals surface area contributed by atoms with E-state index in [1.165, 1.54) is 11.3 Å². The molecule has 0 saturated heterocycles. The standard InChI is InChI=1S/C16H18N4O3S/c1-10(17-16(22)23-9-11-5-3-2-4-6-11)13(21)18-15-20-19-14(24-15)12-7-8-12/h2-6,10,12H,7-9H2,1H3,(H,17,22)(H,18,20,21). The number of rotatable bonds is 6. The van der Waals surface area contributed by atoms with Gasteiger partial charge in [0.15, 0.2) is 0 Å². The van der Waals surface area contributed by atoms with Gasteiger partial charge in [0.2, 0.25) is 11.0 Å². The van der Waals surface area contributed by atoms with Crippen molar-refractivity contribution in [3.63, 3.8) is 0 Å². The van der Waals surface area contributed by atoms with Crippen molar-refractivity contribution < 1.29 is 14.3 Å². The van der Waals surface area contributed by atoms with Crippen LogP contribution in [0.15, 0.2) is 30.3 Å². The topological polar surface area (TPSA) is 93.2 Å². The Morgan fingerprint density at radius 3 is 2.75 bits per heavy atom. The second kappa shape index (κ2) is 7.39. The van der Waals surface area contributed by atoms with Crippen molar-refractivity contribution in [2.75, 3.05) is 5.32 Å². The summed E-state index contributed by atoms with van der Waals surface area (Å²) in [7, 11) is 0. The normalized spacial score (nSPS) is 14.7. The van der Waals surface area contributed by atoms with Gasteiger partial charge in [0.05, 0.1) is 0 Å². The number of aromatic nitrogens is 2. The maximum Gasteiger partial charge on any atom is 0.408 e. The Kier molecular flexibility index (Phi) is 5.05. The molecule has 1 aromatic carbocycles.